The van der Waals surface area contributed by atoms with Crippen LogP contribution in [-0.4, -0.2) is 7.05 Å². The second-order valence-corrected chi connectivity index (χ2v) is 4.66. The van der Waals surface area contributed by atoms with Crippen molar-refractivity contribution in [2.75, 3.05) is 7.05 Å². The predicted molar refractivity (Wildman–Crippen MR) is 54.4 cm³/mol. The van der Waals surface area contributed by atoms with Gasteiger partial charge in [0, 0.05) is 9.35 Å². The molecule has 1 aromatic rings. The zero-order valence-electron chi connectivity index (χ0n) is 6.27. The lowest BCUT2D eigenvalue weighted by Gasteiger charge is -2.01. The Kier molecular flexibility index (Phi) is 3.53. The van der Waals surface area contributed by atoms with Crippen LogP contribution in [0.15, 0.2) is 10.5 Å². The quantitative estimate of drug-likeness (QED) is 0.892. The van der Waals surface area contributed by atoms with Gasteiger partial charge in [-0.3, -0.25) is 0 Å². The minimum absolute atomic E-state index is 0.265. The monoisotopic (exact) mass is 264 g/mol. The standard InChI is InChI=1S/C7H6BrClN2S/c1-11-5(3-10)6-2-4(8)7(9)12-6/h2,5,11H,1H3. The number of nitrogens with one attached hydrogen (secondary N) is 1. The van der Waals surface area contributed by atoms with E-state index in [0.29, 0.717) is 4.34 Å². The van der Waals surface area contributed by atoms with Gasteiger partial charge in [-0.25, -0.2) is 0 Å². The number of hydrogen-bond donors (Lipinski definition) is 1. The third-order valence-electron chi connectivity index (χ3n) is 1.37. The van der Waals surface area contributed by atoms with Crippen LogP contribution in [0.3, 0.4) is 0 Å². The molecule has 1 heterocycles. The van der Waals surface area contributed by atoms with E-state index in [4.69, 9.17) is 16.9 Å². The Labute approximate surface area is 88.3 Å². The van der Waals surface area contributed by atoms with Gasteiger partial charge in [0.1, 0.15) is 10.4 Å². The van der Waals surface area contributed by atoms with Gasteiger partial charge >= 0.3 is 0 Å². The smallest absolute Gasteiger partial charge is 0.130 e. The minimum atomic E-state index is -0.265. The fraction of sp³-hybridized carbons (Fsp3) is 0.286. The maximum Gasteiger partial charge on any atom is 0.130 e. The normalized spacial score (nSPS) is 12.5. The molecule has 0 aromatic carbocycles. The molecule has 0 saturated heterocycles. The summed E-state index contributed by atoms with van der Waals surface area (Å²) in [6.07, 6.45) is 0. The molecule has 0 aliphatic heterocycles. The van der Waals surface area contributed by atoms with Crippen molar-refractivity contribution in [3.05, 3.63) is 19.8 Å². The van der Waals surface area contributed by atoms with Gasteiger partial charge in [0.05, 0.1) is 6.07 Å². The van der Waals surface area contributed by atoms with E-state index >= 15 is 0 Å². The highest BCUT2D eigenvalue weighted by molar-refractivity contribution is 9.10. The van der Waals surface area contributed by atoms with E-state index < -0.39 is 0 Å². The van der Waals surface area contributed by atoms with Crippen LogP contribution in [0, 0.1) is 11.3 Å². The number of nitriles is 1. The van der Waals surface area contributed by atoms with Crippen molar-refractivity contribution < 1.29 is 0 Å². The summed E-state index contributed by atoms with van der Waals surface area (Å²) in [5.41, 5.74) is 0. The molecule has 0 aliphatic carbocycles. The van der Waals surface area contributed by atoms with E-state index in [2.05, 4.69) is 27.3 Å². The first-order valence-corrected chi connectivity index (χ1v) is 5.19. The van der Waals surface area contributed by atoms with Crippen molar-refractivity contribution in [2.45, 2.75) is 6.04 Å². The van der Waals surface area contributed by atoms with Crippen LogP contribution in [0.1, 0.15) is 10.9 Å². The Morgan fingerprint density at radius 2 is 2.50 bits per heavy atom. The van der Waals surface area contributed by atoms with Crippen molar-refractivity contribution in [3.8, 4) is 6.07 Å². The molecule has 0 spiro atoms. The predicted octanol–water partition coefficient (Wildman–Crippen LogP) is 2.95. The average molecular weight is 266 g/mol. The molecule has 1 rings (SSSR count). The van der Waals surface area contributed by atoms with E-state index in [9.17, 15) is 0 Å². The summed E-state index contributed by atoms with van der Waals surface area (Å²) >= 11 is 10.5. The molecule has 1 atom stereocenters. The van der Waals surface area contributed by atoms with Crippen molar-refractivity contribution in [3.63, 3.8) is 0 Å². The summed E-state index contributed by atoms with van der Waals surface area (Å²) in [6.45, 7) is 0. The fourth-order valence-corrected chi connectivity index (χ4v) is 2.57. The van der Waals surface area contributed by atoms with E-state index in [1.54, 1.807) is 7.05 Å². The van der Waals surface area contributed by atoms with Crippen LogP contribution in [-0.2, 0) is 0 Å². The summed E-state index contributed by atoms with van der Waals surface area (Å²) in [5, 5.41) is 11.6. The first kappa shape index (κ1) is 10.0. The zero-order valence-corrected chi connectivity index (χ0v) is 9.42. The van der Waals surface area contributed by atoms with Gasteiger partial charge in [-0.2, -0.15) is 5.26 Å². The maximum absolute atomic E-state index is 8.72. The molecule has 5 heteroatoms. The van der Waals surface area contributed by atoms with Gasteiger partial charge in [-0.15, -0.1) is 11.3 Å². The van der Waals surface area contributed by atoms with Crippen LogP contribution in [0.4, 0.5) is 0 Å². The molecular formula is C7H6BrClN2S. The van der Waals surface area contributed by atoms with E-state index in [0.717, 1.165) is 9.35 Å². The van der Waals surface area contributed by atoms with E-state index in [1.807, 2.05) is 6.07 Å². The second-order valence-electron chi connectivity index (χ2n) is 2.12. The number of thiophene rings is 1. The second kappa shape index (κ2) is 4.24. The molecule has 0 amide bonds. The van der Waals surface area contributed by atoms with Crippen LogP contribution in [0.25, 0.3) is 0 Å². The third-order valence-corrected chi connectivity index (χ3v) is 3.91. The van der Waals surface area contributed by atoms with Gasteiger partial charge in [-0.05, 0) is 29.0 Å². The number of nitrogens with zero attached hydrogens (tertiary/aromatic N) is 1. The van der Waals surface area contributed by atoms with Crippen LogP contribution in [0.2, 0.25) is 4.34 Å². The summed E-state index contributed by atoms with van der Waals surface area (Å²) in [4.78, 5) is 0.928. The molecule has 0 radical (unpaired) electrons. The molecule has 1 N–H and O–H groups in total. The van der Waals surface area contributed by atoms with Crippen LogP contribution >= 0.6 is 38.9 Å². The number of halogens is 2. The number of hydrogen-bond acceptors (Lipinski definition) is 3. The van der Waals surface area contributed by atoms with Gasteiger partial charge in [0.2, 0.25) is 0 Å². The maximum atomic E-state index is 8.72. The molecule has 1 unspecified atom stereocenters. The van der Waals surface area contributed by atoms with Crippen molar-refractivity contribution in [2.24, 2.45) is 0 Å². The van der Waals surface area contributed by atoms with E-state index in [1.165, 1.54) is 11.3 Å². The van der Waals surface area contributed by atoms with Crippen molar-refractivity contribution in [1.82, 2.24) is 5.32 Å². The molecule has 0 fully saturated rings. The Hall–Kier alpha value is -0.0800. The lowest BCUT2D eigenvalue weighted by atomic mass is 10.3. The summed E-state index contributed by atoms with van der Waals surface area (Å²) in [6, 6.07) is 3.72. The molecule has 12 heavy (non-hydrogen) atoms. The summed E-state index contributed by atoms with van der Waals surface area (Å²) in [7, 11) is 1.75. The van der Waals surface area contributed by atoms with Gasteiger partial charge in [-0.1, -0.05) is 11.6 Å². The Morgan fingerprint density at radius 3 is 2.83 bits per heavy atom. The van der Waals surface area contributed by atoms with Gasteiger partial charge < -0.3 is 5.32 Å². The average Bonchev–Trinajstić information content (AvgIpc) is 2.35. The zero-order chi connectivity index (χ0) is 9.14. The Bertz CT molecular complexity index is 298. The summed E-state index contributed by atoms with van der Waals surface area (Å²) in [5.74, 6) is 0. The van der Waals surface area contributed by atoms with Crippen molar-refractivity contribution in [1.29, 1.82) is 5.26 Å². The summed E-state index contributed by atoms with van der Waals surface area (Å²) < 4.78 is 1.53. The topological polar surface area (TPSA) is 35.8 Å². The first-order chi connectivity index (χ1) is 5.69. The number of rotatable bonds is 2. The molecule has 2 nitrogen and oxygen atoms in total. The molecule has 0 bridgehead atoms. The highest BCUT2D eigenvalue weighted by Crippen LogP contribution is 2.34. The molecule has 0 aliphatic rings. The molecular weight excluding hydrogens is 260 g/mol. The lowest BCUT2D eigenvalue weighted by molar-refractivity contribution is 0.739. The molecule has 1 aromatic heterocycles. The highest BCUT2D eigenvalue weighted by atomic mass is 79.9. The Balaban J connectivity index is 2.96. The molecule has 64 valence electrons. The fourth-order valence-electron chi connectivity index (χ4n) is 0.776. The molecule has 0 saturated carbocycles. The van der Waals surface area contributed by atoms with Gasteiger partial charge in [0.25, 0.3) is 0 Å². The Morgan fingerprint density at radius 1 is 1.83 bits per heavy atom. The van der Waals surface area contributed by atoms with Crippen molar-refractivity contribution >= 4 is 38.9 Å². The minimum Gasteiger partial charge on any atom is -0.301 e. The van der Waals surface area contributed by atoms with E-state index in [-0.39, 0.29) is 6.04 Å². The first-order valence-electron chi connectivity index (χ1n) is 3.20. The van der Waals surface area contributed by atoms with Gasteiger partial charge in [0.15, 0.2) is 0 Å². The SMILES string of the molecule is CNC(C#N)c1cc(Br)c(Cl)s1. The lowest BCUT2D eigenvalue weighted by Crippen LogP contribution is -2.12. The largest absolute Gasteiger partial charge is 0.301 e. The van der Waals surface area contributed by atoms with Crippen LogP contribution in [0.5, 0.6) is 0 Å². The van der Waals surface area contributed by atoms with Crippen LogP contribution < -0.4 is 5.32 Å². The third kappa shape index (κ3) is 1.99. The highest BCUT2D eigenvalue weighted by Gasteiger charge is 2.12.